The highest BCUT2D eigenvalue weighted by Gasteiger charge is 2.14. The molecule has 0 saturated heterocycles. The molecule has 0 atom stereocenters. The number of esters is 1. The van der Waals surface area contributed by atoms with Gasteiger partial charge in [-0.25, -0.2) is 4.79 Å². The number of aromatic nitrogens is 3. The highest BCUT2D eigenvalue weighted by molar-refractivity contribution is 6.05. The van der Waals surface area contributed by atoms with Crippen molar-refractivity contribution in [3.63, 3.8) is 0 Å². The number of aromatic amines is 1. The van der Waals surface area contributed by atoms with E-state index in [0.29, 0.717) is 16.9 Å². The molecule has 7 heteroatoms. The summed E-state index contributed by atoms with van der Waals surface area (Å²) in [5, 5.41) is 11.2. The van der Waals surface area contributed by atoms with Gasteiger partial charge in [-0.1, -0.05) is 30.3 Å². The molecule has 0 aliphatic heterocycles. The topological polar surface area (TPSA) is 89.0 Å². The number of para-hydroxylation sites is 1. The molecule has 0 unspecified atom stereocenters. The average molecular weight is 400 g/mol. The van der Waals surface area contributed by atoms with E-state index >= 15 is 0 Å². The van der Waals surface area contributed by atoms with Crippen LogP contribution in [0.3, 0.4) is 0 Å². The van der Waals surface area contributed by atoms with Gasteiger partial charge >= 0.3 is 5.97 Å². The summed E-state index contributed by atoms with van der Waals surface area (Å²) in [6.07, 6.45) is 5.51. The number of carbonyl (C=O) groups excluding carboxylic acids is 2. The Balaban J connectivity index is 1.70. The number of nitrogens with one attached hydrogen (secondary N) is 2. The number of anilines is 1. The quantitative estimate of drug-likeness (QED) is 0.494. The van der Waals surface area contributed by atoms with E-state index in [1.165, 1.54) is 7.11 Å². The van der Waals surface area contributed by atoms with E-state index in [4.69, 9.17) is 4.74 Å². The fourth-order valence-corrected chi connectivity index (χ4v) is 3.22. The van der Waals surface area contributed by atoms with Gasteiger partial charge in [-0.15, -0.1) is 0 Å². The number of H-pyrrole nitrogens is 1. The van der Waals surface area contributed by atoms with Crippen LogP contribution in [0.25, 0.3) is 23.1 Å². The van der Waals surface area contributed by atoms with Crippen LogP contribution in [0.4, 0.5) is 5.69 Å². The molecule has 150 valence electrons. The Kier molecular flexibility index (Phi) is 5.17. The van der Waals surface area contributed by atoms with Gasteiger partial charge in [0.05, 0.1) is 23.9 Å². The van der Waals surface area contributed by atoms with Gasteiger partial charge in [-0.3, -0.25) is 9.89 Å². The number of benzene rings is 2. The van der Waals surface area contributed by atoms with Crippen molar-refractivity contribution >= 4 is 40.6 Å². The predicted octanol–water partition coefficient (Wildman–Crippen LogP) is 4.11. The molecule has 1 amide bonds. The minimum Gasteiger partial charge on any atom is -0.465 e. The summed E-state index contributed by atoms with van der Waals surface area (Å²) < 4.78 is 6.53. The second-order valence-corrected chi connectivity index (χ2v) is 6.74. The number of fused-ring (bicyclic) bond motifs is 1. The molecule has 30 heavy (non-hydrogen) atoms. The SMILES string of the molecule is COC(=O)c1ccc(C=Cc2n[nH]c3ccccc23)c(NC(=O)c2cccn2C)c1. The van der Waals surface area contributed by atoms with Crippen molar-refractivity contribution in [2.24, 2.45) is 7.05 Å². The molecule has 4 aromatic rings. The van der Waals surface area contributed by atoms with Gasteiger partial charge in [0, 0.05) is 24.3 Å². The van der Waals surface area contributed by atoms with Crippen molar-refractivity contribution < 1.29 is 14.3 Å². The number of ether oxygens (including phenoxy) is 1. The Morgan fingerprint density at radius 2 is 1.93 bits per heavy atom. The summed E-state index contributed by atoms with van der Waals surface area (Å²) >= 11 is 0. The largest absolute Gasteiger partial charge is 0.465 e. The average Bonchev–Trinajstić information content (AvgIpc) is 3.38. The van der Waals surface area contributed by atoms with Crippen LogP contribution in [0, 0.1) is 0 Å². The second-order valence-electron chi connectivity index (χ2n) is 6.74. The normalized spacial score (nSPS) is 11.1. The Labute approximate surface area is 173 Å². The first-order valence-electron chi connectivity index (χ1n) is 9.33. The molecule has 0 bridgehead atoms. The molecular formula is C23H20N4O3. The number of carbonyl (C=O) groups is 2. The van der Waals surface area contributed by atoms with E-state index in [1.807, 2.05) is 36.4 Å². The maximum Gasteiger partial charge on any atom is 0.337 e. The van der Waals surface area contributed by atoms with Crippen molar-refractivity contribution in [3.05, 3.63) is 83.3 Å². The summed E-state index contributed by atoms with van der Waals surface area (Å²) in [5.74, 6) is -0.748. The second kappa shape index (κ2) is 8.08. The third-order valence-electron chi connectivity index (χ3n) is 4.82. The lowest BCUT2D eigenvalue weighted by atomic mass is 10.1. The van der Waals surface area contributed by atoms with Crippen LogP contribution >= 0.6 is 0 Å². The van der Waals surface area contributed by atoms with E-state index in [-0.39, 0.29) is 5.91 Å². The maximum absolute atomic E-state index is 12.7. The molecular weight excluding hydrogens is 380 g/mol. The van der Waals surface area contributed by atoms with Crippen LogP contribution in [0.5, 0.6) is 0 Å². The van der Waals surface area contributed by atoms with Crippen LogP contribution in [-0.2, 0) is 11.8 Å². The summed E-state index contributed by atoms with van der Waals surface area (Å²) in [7, 11) is 3.12. The molecule has 0 radical (unpaired) electrons. The zero-order chi connectivity index (χ0) is 21.1. The summed E-state index contributed by atoms with van der Waals surface area (Å²) in [6, 6.07) is 16.4. The Morgan fingerprint density at radius 1 is 1.10 bits per heavy atom. The van der Waals surface area contributed by atoms with E-state index in [0.717, 1.165) is 22.2 Å². The number of methoxy groups -OCH3 is 1. The van der Waals surface area contributed by atoms with E-state index in [1.54, 1.807) is 48.1 Å². The fraction of sp³-hybridized carbons (Fsp3) is 0.0870. The molecule has 2 aromatic carbocycles. The molecule has 0 aliphatic rings. The lowest BCUT2D eigenvalue weighted by molar-refractivity contribution is 0.0600. The minimum atomic E-state index is -0.474. The van der Waals surface area contributed by atoms with Crippen molar-refractivity contribution in [3.8, 4) is 0 Å². The van der Waals surface area contributed by atoms with Gasteiger partial charge in [0.2, 0.25) is 0 Å². The smallest absolute Gasteiger partial charge is 0.337 e. The highest BCUT2D eigenvalue weighted by atomic mass is 16.5. The molecule has 2 N–H and O–H groups in total. The Bertz CT molecular complexity index is 1270. The summed E-state index contributed by atoms with van der Waals surface area (Å²) in [4.78, 5) is 24.7. The van der Waals surface area contributed by atoms with Gasteiger partial charge in [0.25, 0.3) is 5.91 Å². The lowest BCUT2D eigenvalue weighted by Crippen LogP contribution is -2.16. The Hall–Kier alpha value is -4.13. The summed E-state index contributed by atoms with van der Waals surface area (Å²) in [6.45, 7) is 0. The van der Waals surface area contributed by atoms with Crippen molar-refractivity contribution in [2.75, 3.05) is 12.4 Å². The van der Waals surface area contributed by atoms with Gasteiger partial charge in [-0.05, 0) is 42.0 Å². The number of hydrogen-bond acceptors (Lipinski definition) is 4. The molecule has 0 spiro atoms. The predicted molar refractivity (Wildman–Crippen MR) is 116 cm³/mol. The maximum atomic E-state index is 12.7. The van der Waals surface area contributed by atoms with E-state index in [9.17, 15) is 9.59 Å². The zero-order valence-electron chi connectivity index (χ0n) is 16.5. The van der Waals surface area contributed by atoms with E-state index < -0.39 is 5.97 Å². The lowest BCUT2D eigenvalue weighted by Gasteiger charge is -2.11. The highest BCUT2D eigenvalue weighted by Crippen LogP contribution is 2.24. The molecule has 0 fully saturated rings. The van der Waals surface area contributed by atoms with Crippen LogP contribution in [-0.4, -0.2) is 33.8 Å². The van der Waals surface area contributed by atoms with Crippen LogP contribution in [0.15, 0.2) is 60.8 Å². The Morgan fingerprint density at radius 3 is 2.70 bits per heavy atom. The number of aryl methyl sites for hydroxylation is 1. The van der Waals surface area contributed by atoms with Crippen molar-refractivity contribution in [1.29, 1.82) is 0 Å². The van der Waals surface area contributed by atoms with Gasteiger partial charge in [0.1, 0.15) is 5.69 Å². The number of nitrogens with zero attached hydrogens (tertiary/aromatic N) is 2. The van der Waals surface area contributed by atoms with Gasteiger partial charge in [-0.2, -0.15) is 5.10 Å². The van der Waals surface area contributed by atoms with Crippen LogP contribution in [0.1, 0.15) is 32.1 Å². The van der Waals surface area contributed by atoms with Crippen molar-refractivity contribution in [1.82, 2.24) is 14.8 Å². The number of amides is 1. The van der Waals surface area contributed by atoms with Gasteiger partial charge in [0.15, 0.2) is 0 Å². The summed E-state index contributed by atoms with van der Waals surface area (Å²) in [5.41, 5.74) is 3.81. The molecule has 4 rings (SSSR count). The zero-order valence-corrected chi connectivity index (χ0v) is 16.5. The standard InChI is InChI=1S/C23H20N4O3/c1-27-13-5-8-21(27)22(28)24-20-14-16(23(29)30-2)10-9-15(20)11-12-19-17-6-3-4-7-18(17)25-26-19/h3-14H,1-2H3,(H,24,28)(H,25,26). The molecule has 2 heterocycles. The fourth-order valence-electron chi connectivity index (χ4n) is 3.22. The van der Waals surface area contributed by atoms with E-state index in [2.05, 4.69) is 15.5 Å². The molecule has 2 aromatic heterocycles. The van der Waals surface area contributed by atoms with Crippen LogP contribution < -0.4 is 5.32 Å². The van der Waals surface area contributed by atoms with Crippen LogP contribution in [0.2, 0.25) is 0 Å². The first kappa shape index (κ1) is 19.2. The van der Waals surface area contributed by atoms with Gasteiger partial charge < -0.3 is 14.6 Å². The third-order valence-corrected chi connectivity index (χ3v) is 4.82. The van der Waals surface area contributed by atoms with Crippen molar-refractivity contribution in [2.45, 2.75) is 0 Å². The number of rotatable bonds is 5. The molecule has 7 nitrogen and oxygen atoms in total. The molecule has 0 saturated carbocycles. The minimum absolute atomic E-state index is 0.274. The monoisotopic (exact) mass is 400 g/mol. The first-order valence-corrected chi connectivity index (χ1v) is 9.33. The first-order chi connectivity index (χ1) is 14.6. The number of hydrogen-bond donors (Lipinski definition) is 2. The molecule has 0 aliphatic carbocycles. The third kappa shape index (κ3) is 3.73.